The maximum absolute atomic E-state index is 12.4. The molecule has 3 aromatic rings. The summed E-state index contributed by atoms with van der Waals surface area (Å²) in [5, 5.41) is 0. The van der Waals surface area contributed by atoms with Gasteiger partial charge in [-0.15, -0.1) is 18.2 Å². The van der Waals surface area contributed by atoms with Gasteiger partial charge in [0.15, 0.2) is 4.80 Å². The third-order valence-electron chi connectivity index (χ3n) is 4.22. The number of methoxy groups -OCH3 is 2. The number of nitrogens with zero attached hydrogens (tertiary/aromatic N) is 2. The first-order valence-electron chi connectivity index (χ1n) is 9.10. The maximum Gasteiger partial charge on any atom is 0.248 e. The van der Waals surface area contributed by atoms with Crippen LogP contribution >= 0.6 is 23.1 Å². The number of hydrogen-bond donors (Lipinski definition) is 0. The molecule has 7 heteroatoms. The van der Waals surface area contributed by atoms with Crippen molar-refractivity contribution in [2.45, 2.75) is 24.3 Å². The maximum atomic E-state index is 12.4. The van der Waals surface area contributed by atoms with Gasteiger partial charge in [-0.05, 0) is 54.6 Å². The van der Waals surface area contributed by atoms with Gasteiger partial charge in [-0.1, -0.05) is 17.3 Å². The van der Waals surface area contributed by atoms with Crippen molar-refractivity contribution in [2.75, 3.05) is 20.0 Å². The molecular formula is C22H22N2O3S2. The Morgan fingerprint density at radius 2 is 1.90 bits per heavy atom. The molecule has 0 fully saturated rings. The van der Waals surface area contributed by atoms with E-state index >= 15 is 0 Å². The van der Waals surface area contributed by atoms with Crippen molar-refractivity contribution in [1.29, 1.82) is 0 Å². The second-order valence-corrected chi connectivity index (χ2v) is 8.32. The molecule has 2 aromatic carbocycles. The molecule has 5 nitrogen and oxygen atoms in total. The number of carbonyl (C=O) groups excluding carboxylic acids is 1. The zero-order chi connectivity index (χ0) is 20.6. The molecule has 0 saturated carbocycles. The number of amides is 1. The van der Waals surface area contributed by atoms with Crippen molar-refractivity contribution in [3.8, 4) is 23.8 Å². The number of ether oxygens (including phenoxy) is 2. The summed E-state index contributed by atoms with van der Waals surface area (Å²) >= 11 is 3.16. The van der Waals surface area contributed by atoms with Crippen LogP contribution in [-0.2, 0) is 11.3 Å². The van der Waals surface area contributed by atoms with Crippen molar-refractivity contribution in [1.82, 2.24) is 4.57 Å². The van der Waals surface area contributed by atoms with Crippen LogP contribution in [0.2, 0.25) is 0 Å². The Balaban J connectivity index is 1.65. The molecule has 0 aliphatic carbocycles. The molecular weight excluding hydrogens is 404 g/mol. The predicted octanol–water partition coefficient (Wildman–Crippen LogP) is 4.35. The summed E-state index contributed by atoms with van der Waals surface area (Å²) in [6.45, 7) is 0.367. The van der Waals surface area contributed by atoms with Crippen LogP contribution in [0, 0.1) is 12.3 Å². The summed E-state index contributed by atoms with van der Waals surface area (Å²) in [5.41, 5.74) is 0.954. The lowest BCUT2D eigenvalue weighted by Gasteiger charge is -2.03. The molecule has 0 N–H and O–H groups in total. The molecule has 1 amide bonds. The zero-order valence-electron chi connectivity index (χ0n) is 16.4. The van der Waals surface area contributed by atoms with Crippen LogP contribution in [0.1, 0.15) is 12.8 Å². The van der Waals surface area contributed by atoms with Gasteiger partial charge >= 0.3 is 0 Å². The third-order valence-corrected chi connectivity index (χ3v) is 6.36. The van der Waals surface area contributed by atoms with Crippen LogP contribution in [0.4, 0.5) is 0 Å². The molecule has 0 unspecified atom stereocenters. The van der Waals surface area contributed by atoms with E-state index in [4.69, 9.17) is 15.9 Å². The van der Waals surface area contributed by atoms with Crippen LogP contribution in [0.5, 0.6) is 11.5 Å². The number of thioether (sulfide) groups is 1. The predicted molar refractivity (Wildman–Crippen MR) is 119 cm³/mol. The summed E-state index contributed by atoms with van der Waals surface area (Å²) in [6.07, 6.45) is 6.67. The average Bonchev–Trinajstić information content (AvgIpc) is 3.08. The Morgan fingerprint density at radius 3 is 2.59 bits per heavy atom. The minimum absolute atomic E-state index is 0.135. The Labute approximate surface area is 178 Å². The minimum atomic E-state index is -0.135. The first-order valence-corrected chi connectivity index (χ1v) is 10.9. The van der Waals surface area contributed by atoms with E-state index in [0.29, 0.717) is 17.8 Å². The lowest BCUT2D eigenvalue weighted by atomic mass is 10.3. The van der Waals surface area contributed by atoms with E-state index < -0.39 is 0 Å². The lowest BCUT2D eigenvalue weighted by molar-refractivity contribution is -0.118. The number of hydrogen-bond acceptors (Lipinski definition) is 5. The van der Waals surface area contributed by atoms with E-state index in [1.807, 2.05) is 47.0 Å². The third kappa shape index (κ3) is 5.43. The molecule has 0 radical (unpaired) electrons. The molecule has 0 saturated heterocycles. The highest BCUT2D eigenvalue weighted by molar-refractivity contribution is 7.99. The van der Waals surface area contributed by atoms with Gasteiger partial charge in [0.25, 0.3) is 0 Å². The summed E-state index contributed by atoms with van der Waals surface area (Å²) in [6, 6.07) is 13.7. The van der Waals surface area contributed by atoms with Crippen LogP contribution in [0.3, 0.4) is 0 Å². The topological polar surface area (TPSA) is 52.8 Å². The van der Waals surface area contributed by atoms with E-state index in [-0.39, 0.29) is 5.91 Å². The van der Waals surface area contributed by atoms with Crippen molar-refractivity contribution in [2.24, 2.45) is 4.99 Å². The Bertz CT molecular complexity index is 1090. The Kier molecular flexibility index (Phi) is 7.39. The van der Waals surface area contributed by atoms with E-state index in [2.05, 4.69) is 10.9 Å². The van der Waals surface area contributed by atoms with Crippen molar-refractivity contribution in [3.05, 3.63) is 47.3 Å². The average molecular weight is 427 g/mol. The van der Waals surface area contributed by atoms with Gasteiger partial charge in [0.05, 0.1) is 31.0 Å². The van der Waals surface area contributed by atoms with Gasteiger partial charge in [-0.25, -0.2) is 0 Å². The van der Waals surface area contributed by atoms with Crippen LogP contribution < -0.4 is 14.3 Å². The first-order chi connectivity index (χ1) is 14.1. The summed E-state index contributed by atoms with van der Waals surface area (Å²) in [4.78, 5) is 18.5. The quantitative estimate of drug-likeness (QED) is 0.305. The highest BCUT2D eigenvalue weighted by atomic mass is 32.2. The van der Waals surface area contributed by atoms with Gasteiger partial charge in [0, 0.05) is 11.3 Å². The SMILES string of the molecule is C#CCn1c(=NC(=O)CCCSc2ccc(OC)cc2)sc2cc(OC)ccc21. The van der Waals surface area contributed by atoms with Crippen molar-refractivity contribution in [3.63, 3.8) is 0 Å². The Morgan fingerprint density at radius 1 is 1.17 bits per heavy atom. The largest absolute Gasteiger partial charge is 0.497 e. The first kappa shape index (κ1) is 21.0. The summed E-state index contributed by atoms with van der Waals surface area (Å²) in [7, 11) is 3.28. The minimum Gasteiger partial charge on any atom is -0.497 e. The molecule has 0 aliphatic rings. The molecule has 150 valence electrons. The standard InChI is InChI=1S/C22H22N2O3S2/c1-4-13-24-19-12-9-17(27-3)15-20(19)29-22(24)23-21(25)6-5-14-28-18-10-7-16(26-2)8-11-18/h1,7-12,15H,5-6,13-14H2,2-3H3. The van der Waals surface area contributed by atoms with Gasteiger partial charge < -0.3 is 14.0 Å². The molecule has 1 heterocycles. The number of fused-ring (bicyclic) bond motifs is 1. The molecule has 0 spiro atoms. The molecule has 1 aromatic heterocycles. The number of aromatic nitrogens is 1. The fourth-order valence-electron chi connectivity index (χ4n) is 2.76. The van der Waals surface area contributed by atoms with E-state index in [0.717, 1.165) is 38.8 Å². The molecule has 0 aliphatic heterocycles. The highest BCUT2D eigenvalue weighted by Gasteiger charge is 2.08. The number of thiazole rings is 1. The van der Waals surface area contributed by atoms with Gasteiger partial charge in [0.1, 0.15) is 11.5 Å². The fraction of sp³-hybridized carbons (Fsp3) is 0.273. The number of rotatable bonds is 8. The monoisotopic (exact) mass is 426 g/mol. The van der Waals surface area contributed by atoms with Gasteiger partial charge in [-0.3, -0.25) is 4.79 Å². The fourth-order valence-corrected chi connectivity index (χ4v) is 4.69. The van der Waals surface area contributed by atoms with E-state index in [1.54, 1.807) is 26.0 Å². The van der Waals surface area contributed by atoms with E-state index in [9.17, 15) is 4.79 Å². The van der Waals surface area contributed by atoms with Crippen LogP contribution in [-0.4, -0.2) is 30.4 Å². The van der Waals surface area contributed by atoms with E-state index in [1.165, 1.54) is 11.3 Å². The molecule has 29 heavy (non-hydrogen) atoms. The number of terminal acetylenes is 1. The number of benzene rings is 2. The van der Waals surface area contributed by atoms with Gasteiger partial charge in [-0.2, -0.15) is 4.99 Å². The Hall–Kier alpha value is -2.69. The molecule has 0 bridgehead atoms. The van der Waals surface area contributed by atoms with Crippen molar-refractivity contribution < 1.29 is 14.3 Å². The summed E-state index contributed by atoms with van der Waals surface area (Å²) < 4.78 is 13.3. The van der Waals surface area contributed by atoms with Gasteiger partial charge in [0.2, 0.25) is 5.91 Å². The second-order valence-electron chi connectivity index (χ2n) is 6.14. The smallest absolute Gasteiger partial charge is 0.248 e. The summed E-state index contributed by atoms with van der Waals surface area (Å²) in [5.74, 6) is 4.95. The number of carbonyl (C=O) groups is 1. The second kappa shape index (κ2) is 10.2. The normalized spacial score (nSPS) is 11.4. The molecule has 0 atom stereocenters. The van der Waals surface area contributed by atoms with Crippen LogP contribution in [0.25, 0.3) is 10.2 Å². The van der Waals surface area contributed by atoms with Crippen LogP contribution in [0.15, 0.2) is 52.4 Å². The molecule has 3 rings (SSSR count). The van der Waals surface area contributed by atoms with Crippen molar-refractivity contribution >= 4 is 39.2 Å². The highest BCUT2D eigenvalue weighted by Crippen LogP contribution is 2.24. The lowest BCUT2D eigenvalue weighted by Crippen LogP contribution is -2.16. The zero-order valence-corrected chi connectivity index (χ0v) is 18.0.